The number of carbonyl (C=O) groups is 2. The van der Waals surface area contributed by atoms with Crippen LogP contribution in [0.3, 0.4) is 0 Å². The number of primary sulfonamides is 2. The van der Waals surface area contributed by atoms with Crippen molar-refractivity contribution in [1.29, 1.82) is 0 Å². The number of esters is 1. The van der Waals surface area contributed by atoms with E-state index in [9.17, 15) is 35.2 Å². The fourth-order valence-corrected chi connectivity index (χ4v) is 5.55. The molecule has 0 spiro atoms. The van der Waals surface area contributed by atoms with Gasteiger partial charge in [-0.05, 0) is 61.1 Å². The number of halogens is 2. The first-order chi connectivity index (χ1) is 24.1. The zero-order valence-corrected chi connectivity index (χ0v) is 31.4. The second-order valence-corrected chi connectivity index (χ2v) is 16.0. The van der Waals surface area contributed by atoms with E-state index in [4.69, 9.17) is 15.0 Å². The molecule has 16 nitrogen and oxygen atoms in total. The van der Waals surface area contributed by atoms with E-state index in [-0.39, 0.29) is 57.2 Å². The Labute approximate surface area is 301 Å². The molecule has 0 aliphatic heterocycles. The molecule has 52 heavy (non-hydrogen) atoms. The number of nitrogens with two attached hydrogens (primary N) is 2. The summed E-state index contributed by atoms with van der Waals surface area (Å²) >= 11 is 0. The Morgan fingerprint density at radius 1 is 0.750 bits per heavy atom. The van der Waals surface area contributed by atoms with Gasteiger partial charge < -0.3 is 10.1 Å². The normalized spacial score (nSPS) is 11.9. The molecule has 5 N–H and O–H groups in total. The summed E-state index contributed by atoms with van der Waals surface area (Å²) in [5.41, 5.74) is -0.0421. The molecule has 0 unspecified atom stereocenters. The summed E-state index contributed by atoms with van der Waals surface area (Å²) in [6.45, 7) is 14.0. The maximum absolute atomic E-state index is 14.5. The van der Waals surface area contributed by atoms with Crippen LogP contribution >= 0.6 is 0 Å². The van der Waals surface area contributed by atoms with Crippen LogP contribution in [-0.4, -0.2) is 71.4 Å². The predicted molar refractivity (Wildman–Crippen MR) is 186 cm³/mol. The molecule has 2 aromatic heterocycles. The fourth-order valence-electron chi connectivity index (χ4n) is 4.50. The highest BCUT2D eigenvalue weighted by Crippen LogP contribution is 2.22. The Morgan fingerprint density at radius 3 is 1.54 bits per heavy atom. The van der Waals surface area contributed by atoms with Gasteiger partial charge in [0.05, 0.1) is 16.4 Å². The summed E-state index contributed by atoms with van der Waals surface area (Å²) in [4.78, 5) is 31.8. The monoisotopic (exact) mass is 767 g/mol. The molecule has 0 saturated heterocycles. The second kappa shape index (κ2) is 17.2. The lowest BCUT2D eigenvalue weighted by molar-refractivity contribution is 0.0511. The van der Waals surface area contributed by atoms with Crippen LogP contribution < -0.4 is 15.6 Å². The molecule has 0 aliphatic carbocycles. The molecular formula is C32H43F2N9O7S2. The van der Waals surface area contributed by atoms with Crippen molar-refractivity contribution in [3.05, 3.63) is 71.3 Å². The van der Waals surface area contributed by atoms with Crippen LogP contribution in [0, 0.1) is 29.4 Å². The largest absolute Gasteiger partial charge is 0.460 e. The summed E-state index contributed by atoms with van der Waals surface area (Å²) in [6, 6.07) is 6.46. The van der Waals surface area contributed by atoms with Crippen LogP contribution in [0.1, 0.15) is 81.4 Å². The number of nitrogens with one attached hydrogen (secondary N) is 1. The molecule has 4 rings (SSSR count). The van der Waals surface area contributed by atoms with E-state index >= 15 is 0 Å². The van der Waals surface area contributed by atoms with Gasteiger partial charge >= 0.3 is 5.97 Å². The van der Waals surface area contributed by atoms with Crippen molar-refractivity contribution < 1.29 is 39.9 Å². The lowest BCUT2D eigenvalue weighted by Gasteiger charge is -2.09. The Morgan fingerprint density at radius 2 is 1.17 bits per heavy atom. The first kappa shape index (κ1) is 41.8. The molecule has 20 heteroatoms. The van der Waals surface area contributed by atoms with Gasteiger partial charge in [0.25, 0.3) is 11.7 Å². The number of hydrogen-bond acceptors (Lipinski definition) is 11. The number of nitrogens with zero attached hydrogens (tertiary/aromatic N) is 6. The van der Waals surface area contributed by atoms with Gasteiger partial charge in [0.1, 0.15) is 34.7 Å². The minimum Gasteiger partial charge on any atom is -0.460 e. The molecule has 0 aliphatic rings. The van der Waals surface area contributed by atoms with E-state index in [1.54, 1.807) is 6.92 Å². The molecule has 0 atom stereocenters. The van der Waals surface area contributed by atoms with Crippen LogP contribution in [0.5, 0.6) is 0 Å². The number of aromatic nitrogens is 6. The molecular weight excluding hydrogens is 725 g/mol. The molecule has 0 bridgehead atoms. The van der Waals surface area contributed by atoms with Crippen LogP contribution in [0.15, 0.2) is 46.2 Å². The van der Waals surface area contributed by atoms with Crippen LogP contribution in [-0.2, 0) is 37.6 Å². The highest BCUT2D eigenvalue weighted by molar-refractivity contribution is 7.89. The average molecular weight is 768 g/mol. The first-order valence-electron chi connectivity index (χ1n) is 16.1. The lowest BCUT2D eigenvalue weighted by Crippen LogP contribution is -2.28. The van der Waals surface area contributed by atoms with E-state index in [2.05, 4.69) is 25.5 Å². The van der Waals surface area contributed by atoms with Gasteiger partial charge in [0.2, 0.25) is 25.9 Å². The zero-order valence-electron chi connectivity index (χ0n) is 29.8. The predicted octanol–water partition coefficient (Wildman–Crippen LogP) is 3.07. The summed E-state index contributed by atoms with van der Waals surface area (Å²) in [5, 5.41) is 20.9. The van der Waals surface area contributed by atoms with E-state index in [0.29, 0.717) is 31.0 Å². The molecule has 2 heterocycles. The average Bonchev–Trinajstić information content (AvgIpc) is 3.63. The van der Waals surface area contributed by atoms with Gasteiger partial charge in [0, 0.05) is 19.4 Å². The van der Waals surface area contributed by atoms with Gasteiger partial charge in [0.15, 0.2) is 0 Å². The van der Waals surface area contributed by atoms with E-state index in [0.717, 1.165) is 12.1 Å². The first-order valence-corrected chi connectivity index (χ1v) is 19.2. The van der Waals surface area contributed by atoms with E-state index < -0.39 is 43.6 Å². The lowest BCUT2D eigenvalue weighted by atomic mass is 10.1. The van der Waals surface area contributed by atoms with E-state index in [1.165, 1.54) is 33.6 Å². The Hall–Kier alpha value is -4.66. The zero-order chi connectivity index (χ0) is 39.1. The molecule has 0 radical (unpaired) electrons. The smallest absolute Gasteiger partial charge is 0.378 e. The Kier molecular flexibility index (Phi) is 13.8. The number of amides is 1. The van der Waals surface area contributed by atoms with Crippen molar-refractivity contribution in [1.82, 2.24) is 34.8 Å². The SMILES string of the molecule is CC(C)CNC(=O)c1nc(CC(C)C)n(-c2ccc(S(N)(=O)=O)cc2F)n1.CCOC(=O)c1nc(CC(C)C)n(-c2ccc(S(N)(=O)=O)cc2F)n1. The third kappa shape index (κ3) is 11.2. The maximum atomic E-state index is 14.5. The second-order valence-electron chi connectivity index (χ2n) is 12.9. The van der Waals surface area contributed by atoms with Crippen LogP contribution in [0.4, 0.5) is 8.78 Å². The number of sulfonamides is 2. The number of rotatable bonds is 13. The summed E-state index contributed by atoms with van der Waals surface area (Å²) in [5.74, 6) is -1.72. The van der Waals surface area contributed by atoms with Crippen molar-refractivity contribution in [2.24, 2.45) is 28.0 Å². The number of carbonyl (C=O) groups excluding carboxylic acids is 2. The number of ether oxygens (including phenoxy) is 1. The maximum Gasteiger partial charge on any atom is 0.378 e. The third-order valence-corrected chi connectivity index (χ3v) is 8.64. The van der Waals surface area contributed by atoms with Gasteiger partial charge in [-0.3, -0.25) is 4.79 Å². The summed E-state index contributed by atoms with van der Waals surface area (Å²) < 4.78 is 81.7. The van der Waals surface area contributed by atoms with Gasteiger partial charge in [-0.2, -0.15) is 0 Å². The van der Waals surface area contributed by atoms with Crippen molar-refractivity contribution in [2.75, 3.05) is 13.2 Å². The minimum absolute atomic E-state index is 0.00606. The van der Waals surface area contributed by atoms with Crippen molar-refractivity contribution in [2.45, 2.75) is 71.1 Å². The Balaban J connectivity index is 0.000000281. The van der Waals surface area contributed by atoms with Crippen molar-refractivity contribution in [3.8, 4) is 11.4 Å². The van der Waals surface area contributed by atoms with E-state index in [1.807, 2.05) is 41.5 Å². The van der Waals surface area contributed by atoms with Gasteiger partial charge in [-0.15, -0.1) is 10.2 Å². The minimum atomic E-state index is -4.03. The number of hydrogen-bond donors (Lipinski definition) is 3. The molecule has 1 amide bonds. The highest BCUT2D eigenvalue weighted by atomic mass is 32.2. The Bertz CT molecular complexity index is 2130. The van der Waals surface area contributed by atoms with Crippen LogP contribution in [0.2, 0.25) is 0 Å². The third-order valence-electron chi connectivity index (χ3n) is 6.81. The van der Waals surface area contributed by atoms with Gasteiger partial charge in [-0.25, -0.2) is 60.0 Å². The molecule has 4 aromatic rings. The molecule has 0 fully saturated rings. The topological polar surface area (TPSA) is 237 Å². The van der Waals surface area contributed by atoms with Crippen molar-refractivity contribution in [3.63, 3.8) is 0 Å². The molecule has 284 valence electrons. The highest BCUT2D eigenvalue weighted by Gasteiger charge is 2.23. The molecule has 0 saturated carbocycles. The standard InChI is InChI=1S/C17H24FN5O3S.C15H19FN4O4S/c1-10(2)7-15-21-16(17(24)20-9-11(3)4)22-23(15)14-6-5-12(8-13(14)18)27(19,25)26;1-4-24-15(21)14-18-13(7-9(2)3)20(19-14)12-6-5-10(8-11(12)16)25(17,22)23/h5-6,8,10-11H,7,9H2,1-4H3,(H,20,24)(H2,19,25,26);5-6,8-9H,4,7H2,1-3H3,(H2,17,22,23). The summed E-state index contributed by atoms with van der Waals surface area (Å²) in [6.07, 6.45) is 0.892. The quantitative estimate of drug-likeness (QED) is 0.167. The number of benzene rings is 2. The van der Waals surface area contributed by atoms with Crippen LogP contribution in [0.25, 0.3) is 11.4 Å². The van der Waals surface area contributed by atoms with Crippen molar-refractivity contribution >= 4 is 31.9 Å². The molecule has 2 aromatic carbocycles. The summed E-state index contributed by atoms with van der Waals surface area (Å²) in [7, 11) is -8.05. The van der Waals surface area contributed by atoms with Gasteiger partial charge in [-0.1, -0.05) is 41.5 Å². The fraction of sp³-hybridized carbons (Fsp3) is 0.438.